The van der Waals surface area contributed by atoms with E-state index in [4.69, 9.17) is 5.73 Å². The number of hydrogen-bond donors (Lipinski definition) is 1. The van der Waals surface area contributed by atoms with Gasteiger partial charge in [0.15, 0.2) is 0 Å². The van der Waals surface area contributed by atoms with E-state index >= 15 is 0 Å². The largest absolute Gasteiger partial charge is 0.344 e. The molecule has 4 aliphatic carbocycles. The zero-order valence-corrected chi connectivity index (χ0v) is 13.1. The maximum Gasteiger partial charge on any atom is 0.239 e. The standard InChI is InChI=1S/C17H30N2O/c1-3-4-15(18)16(20)19(2)11-17-8-12-5-13(9-17)7-14(6-12)10-17/h12-15H,3-11,18H2,1-2H3/t12?,13?,14?,15-,17?/m1/s1. The SMILES string of the molecule is CCC[C@@H](N)C(=O)N(C)CC12CC3CC(CC(C3)C1)C2. The van der Waals surface area contributed by atoms with E-state index in [9.17, 15) is 4.79 Å². The lowest BCUT2D eigenvalue weighted by atomic mass is 9.49. The molecule has 4 bridgehead atoms. The first-order valence-electron chi connectivity index (χ1n) is 8.52. The van der Waals surface area contributed by atoms with Crippen molar-refractivity contribution in [1.82, 2.24) is 4.90 Å². The highest BCUT2D eigenvalue weighted by Crippen LogP contribution is 2.60. The second kappa shape index (κ2) is 5.32. The molecule has 4 rings (SSSR count). The van der Waals surface area contributed by atoms with E-state index in [1.54, 1.807) is 0 Å². The predicted molar refractivity (Wildman–Crippen MR) is 81.1 cm³/mol. The van der Waals surface area contributed by atoms with Crippen LogP contribution < -0.4 is 5.73 Å². The smallest absolute Gasteiger partial charge is 0.239 e. The van der Waals surface area contributed by atoms with Crippen LogP contribution in [-0.2, 0) is 4.79 Å². The van der Waals surface area contributed by atoms with Crippen molar-refractivity contribution in [3.63, 3.8) is 0 Å². The Morgan fingerprint density at radius 2 is 1.70 bits per heavy atom. The number of nitrogens with two attached hydrogens (primary N) is 1. The Labute approximate surface area is 123 Å². The van der Waals surface area contributed by atoms with E-state index in [1.807, 2.05) is 11.9 Å². The fraction of sp³-hybridized carbons (Fsp3) is 0.941. The highest BCUT2D eigenvalue weighted by Gasteiger charge is 2.51. The molecule has 0 aliphatic heterocycles. The Morgan fingerprint density at radius 3 is 2.15 bits per heavy atom. The molecule has 1 atom stereocenters. The molecule has 3 heteroatoms. The summed E-state index contributed by atoms with van der Waals surface area (Å²) in [7, 11) is 1.97. The Balaban J connectivity index is 1.63. The van der Waals surface area contributed by atoms with E-state index < -0.39 is 0 Å². The van der Waals surface area contributed by atoms with E-state index in [0.717, 1.165) is 37.1 Å². The first-order valence-corrected chi connectivity index (χ1v) is 8.52. The molecule has 0 unspecified atom stereocenters. The van der Waals surface area contributed by atoms with Gasteiger partial charge < -0.3 is 10.6 Å². The van der Waals surface area contributed by atoms with Crippen LogP contribution in [0.25, 0.3) is 0 Å². The summed E-state index contributed by atoms with van der Waals surface area (Å²) in [5.41, 5.74) is 6.44. The highest BCUT2D eigenvalue weighted by molar-refractivity contribution is 5.81. The number of hydrogen-bond acceptors (Lipinski definition) is 2. The van der Waals surface area contributed by atoms with Crippen LogP contribution in [0.3, 0.4) is 0 Å². The van der Waals surface area contributed by atoms with Gasteiger partial charge in [0.25, 0.3) is 0 Å². The number of nitrogens with zero attached hydrogens (tertiary/aromatic N) is 1. The summed E-state index contributed by atoms with van der Waals surface area (Å²) < 4.78 is 0. The van der Waals surface area contributed by atoms with Crippen LogP contribution >= 0.6 is 0 Å². The van der Waals surface area contributed by atoms with Gasteiger partial charge in [-0.3, -0.25) is 4.79 Å². The third-order valence-corrected chi connectivity index (χ3v) is 6.03. The molecule has 114 valence electrons. The summed E-state index contributed by atoms with van der Waals surface area (Å²) in [5, 5.41) is 0. The van der Waals surface area contributed by atoms with Gasteiger partial charge in [-0.05, 0) is 68.1 Å². The van der Waals surface area contributed by atoms with Gasteiger partial charge in [-0.25, -0.2) is 0 Å². The van der Waals surface area contributed by atoms with Crippen molar-refractivity contribution in [2.75, 3.05) is 13.6 Å². The van der Waals surface area contributed by atoms with Crippen LogP contribution in [0.1, 0.15) is 58.3 Å². The van der Waals surface area contributed by atoms with Gasteiger partial charge in [0.2, 0.25) is 5.91 Å². The Kier molecular flexibility index (Phi) is 3.83. The number of likely N-dealkylation sites (N-methyl/N-ethyl adjacent to an activating group) is 1. The van der Waals surface area contributed by atoms with Crippen molar-refractivity contribution in [3.8, 4) is 0 Å². The van der Waals surface area contributed by atoms with E-state index in [2.05, 4.69) is 6.92 Å². The summed E-state index contributed by atoms with van der Waals surface area (Å²) in [6.45, 7) is 3.04. The highest BCUT2D eigenvalue weighted by atomic mass is 16.2. The van der Waals surface area contributed by atoms with E-state index in [1.165, 1.54) is 38.5 Å². The van der Waals surface area contributed by atoms with Crippen LogP contribution in [0.15, 0.2) is 0 Å². The predicted octanol–water partition coefficient (Wildman–Crippen LogP) is 2.79. The lowest BCUT2D eigenvalue weighted by Gasteiger charge is -2.57. The molecular formula is C17H30N2O. The monoisotopic (exact) mass is 278 g/mol. The van der Waals surface area contributed by atoms with Crippen LogP contribution in [0.5, 0.6) is 0 Å². The van der Waals surface area contributed by atoms with Crippen molar-refractivity contribution in [2.45, 2.75) is 64.3 Å². The van der Waals surface area contributed by atoms with Gasteiger partial charge in [0, 0.05) is 13.6 Å². The van der Waals surface area contributed by atoms with Crippen LogP contribution in [0, 0.1) is 23.2 Å². The fourth-order valence-electron chi connectivity index (χ4n) is 5.78. The summed E-state index contributed by atoms with van der Waals surface area (Å²) in [6, 6.07) is -0.293. The summed E-state index contributed by atoms with van der Waals surface area (Å²) >= 11 is 0. The van der Waals surface area contributed by atoms with Crippen molar-refractivity contribution in [3.05, 3.63) is 0 Å². The first-order chi connectivity index (χ1) is 9.51. The topological polar surface area (TPSA) is 46.3 Å². The van der Waals surface area contributed by atoms with Gasteiger partial charge in [-0.2, -0.15) is 0 Å². The zero-order chi connectivity index (χ0) is 14.3. The molecule has 0 radical (unpaired) electrons. The molecule has 0 aromatic carbocycles. The molecule has 4 saturated carbocycles. The molecule has 0 aromatic rings. The first kappa shape index (κ1) is 14.4. The van der Waals surface area contributed by atoms with Crippen LogP contribution in [0.2, 0.25) is 0 Å². The minimum Gasteiger partial charge on any atom is -0.344 e. The lowest BCUT2D eigenvalue weighted by Crippen LogP contribution is -2.53. The lowest BCUT2D eigenvalue weighted by molar-refractivity contribution is -0.136. The third kappa shape index (κ3) is 2.61. The van der Waals surface area contributed by atoms with Crippen molar-refractivity contribution in [1.29, 1.82) is 0 Å². The van der Waals surface area contributed by atoms with Gasteiger partial charge in [-0.1, -0.05) is 13.3 Å². The van der Waals surface area contributed by atoms with Gasteiger partial charge in [0.1, 0.15) is 0 Å². The second-order valence-corrected chi connectivity index (χ2v) is 8.01. The Hall–Kier alpha value is -0.570. The number of carbonyl (C=O) groups excluding carboxylic acids is 1. The Bertz CT molecular complexity index is 344. The molecular weight excluding hydrogens is 248 g/mol. The van der Waals surface area contributed by atoms with Crippen LogP contribution in [0.4, 0.5) is 0 Å². The maximum absolute atomic E-state index is 12.4. The molecule has 4 aliphatic rings. The summed E-state index contributed by atoms with van der Waals surface area (Å²) in [5.74, 6) is 3.01. The molecule has 0 heterocycles. The van der Waals surface area contributed by atoms with Crippen molar-refractivity contribution < 1.29 is 4.79 Å². The van der Waals surface area contributed by atoms with Crippen LogP contribution in [-0.4, -0.2) is 30.4 Å². The van der Waals surface area contributed by atoms with Gasteiger partial charge in [0.05, 0.1) is 6.04 Å². The molecule has 20 heavy (non-hydrogen) atoms. The summed E-state index contributed by atoms with van der Waals surface area (Å²) in [6.07, 6.45) is 10.3. The maximum atomic E-state index is 12.4. The molecule has 4 fully saturated rings. The fourth-order valence-corrected chi connectivity index (χ4v) is 5.78. The molecule has 3 nitrogen and oxygen atoms in total. The van der Waals surface area contributed by atoms with Gasteiger partial charge in [-0.15, -0.1) is 0 Å². The minimum absolute atomic E-state index is 0.155. The van der Waals surface area contributed by atoms with Crippen molar-refractivity contribution in [2.24, 2.45) is 28.9 Å². The molecule has 0 saturated heterocycles. The Morgan fingerprint density at radius 1 is 1.20 bits per heavy atom. The molecule has 2 N–H and O–H groups in total. The molecule has 0 aromatic heterocycles. The number of carbonyl (C=O) groups is 1. The normalized spacial score (nSPS) is 39.9. The zero-order valence-electron chi connectivity index (χ0n) is 13.1. The third-order valence-electron chi connectivity index (χ3n) is 6.03. The van der Waals surface area contributed by atoms with E-state index in [0.29, 0.717) is 5.41 Å². The number of rotatable bonds is 5. The quantitative estimate of drug-likeness (QED) is 0.840. The average Bonchev–Trinajstić information content (AvgIpc) is 2.35. The second-order valence-electron chi connectivity index (χ2n) is 8.01. The molecule has 0 spiro atoms. The molecule has 1 amide bonds. The average molecular weight is 278 g/mol. The summed E-state index contributed by atoms with van der Waals surface area (Å²) in [4.78, 5) is 14.3. The van der Waals surface area contributed by atoms with E-state index in [-0.39, 0.29) is 11.9 Å². The minimum atomic E-state index is -0.293. The number of amides is 1. The van der Waals surface area contributed by atoms with Gasteiger partial charge >= 0.3 is 0 Å². The van der Waals surface area contributed by atoms with Crippen molar-refractivity contribution >= 4 is 5.91 Å².